The van der Waals surface area contributed by atoms with Crippen molar-refractivity contribution < 1.29 is 9.84 Å². The fourth-order valence-electron chi connectivity index (χ4n) is 0.867. The molecule has 0 aromatic carbocycles. The summed E-state index contributed by atoms with van der Waals surface area (Å²) < 4.78 is 6.34. The van der Waals surface area contributed by atoms with Crippen LogP contribution >= 0.6 is 15.9 Å². The van der Waals surface area contributed by atoms with Gasteiger partial charge in [-0.2, -0.15) is 0 Å². The molecule has 1 N–H and O–H groups in total. The second-order valence-corrected chi connectivity index (χ2v) is 5.06. The van der Waals surface area contributed by atoms with Crippen LogP contribution in [0, 0.1) is 5.92 Å². The zero-order valence-electron chi connectivity index (χ0n) is 9.20. The van der Waals surface area contributed by atoms with E-state index in [1.807, 2.05) is 19.9 Å². The van der Waals surface area contributed by atoms with Gasteiger partial charge in [-0.1, -0.05) is 13.8 Å². The second kappa shape index (κ2) is 4.94. The smallest absolute Gasteiger partial charge is 0.138 e. The van der Waals surface area contributed by atoms with E-state index < -0.39 is 5.60 Å². The average molecular weight is 274 g/mol. The molecule has 3 nitrogen and oxygen atoms in total. The summed E-state index contributed by atoms with van der Waals surface area (Å²) in [5, 5.41) is 9.97. The number of aliphatic hydroxyl groups is 1. The first-order valence-corrected chi connectivity index (χ1v) is 5.67. The lowest BCUT2D eigenvalue weighted by Gasteiger charge is -2.27. The summed E-state index contributed by atoms with van der Waals surface area (Å²) in [6, 6.07) is 1.82. The predicted octanol–water partition coefficient (Wildman–Crippen LogP) is 2.63. The molecular weight excluding hydrogens is 258 g/mol. The van der Waals surface area contributed by atoms with Crippen LogP contribution in [0.25, 0.3) is 0 Å². The van der Waals surface area contributed by atoms with Crippen molar-refractivity contribution in [1.82, 2.24) is 4.98 Å². The van der Waals surface area contributed by atoms with Gasteiger partial charge in [0.2, 0.25) is 0 Å². The highest BCUT2D eigenvalue weighted by Gasteiger charge is 2.25. The summed E-state index contributed by atoms with van der Waals surface area (Å²) in [7, 11) is 0. The highest BCUT2D eigenvalue weighted by molar-refractivity contribution is 9.10. The average Bonchev–Trinajstić information content (AvgIpc) is 2.15. The van der Waals surface area contributed by atoms with Crippen molar-refractivity contribution in [3.8, 4) is 5.75 Å². The van der Waals surface area contributed by atoms with Crippen molar-refractivity contribution in [2.24, 2.45) is 5.92 Å². The minimum absolute atomic E-state index is 0.151. The van der Waals surface area contributed by atoms with Crippen LogP contribution in [0.2, 0.25) is 0 Å². The first-order chi connectivity index (χ1) is 6.92. The SMILES string of the molecule is CC(C)C(C)(O)COc1cncc(Br)c1. The van der Waals surface area contributed by atoms with Crippen molar-refractivity contribution in [1.29, 1.82) is 0 Å². The van der Waals surface area contributed by atoms with Crippen molar-refractivity contribution >= 4 is 15.9 Å². The number of aromatic nitrogens is 1. The molecule has 1 aromatic heterocycles. The topological polar surface area (TPSA) is 42.4 Å². The molecule has 0 fully saturated rings. The third kappa shape index (κ3) is 3.80. The number of pyridine rings is 1. The molecule has 0 aliphatic heterocycles. The fraction of sp³-hybridized carbons (Fsp3) is 0.545. The van der Waals surface area contributed by atoms with Crippen LogP contribution in [-0.2, 0) is 0 Å². The van der Waals surface area contributed by atoms with E-state index in [2.05, 4.69) is 20.9 Å². The van der Waals surface area contributed by atoms with Gasteiger partial charge < -0.3 is 9.84 Å². The van der Waals surface area contributed by atoms with Crippen molar-refractivity contribution in [2.75, 3.05) is 6.61 Å². The van der Waals surface area contributed by atoms with E-state index in [0.717, 1.165) is 4.47 Å². The summed E-state index contributed by atoms with van der Waals surface area (Å²) in [6.07, 6.45) is 3.31. The summed E-state index contributed by atoms with van der Waals surface area (Å²) in [5.74, 6) is 0.808. The highest BCUT2D eigenvalue weighted by atomic mass is 79.9. The zero-order chi connectivity index (χ0) is 11.5. The van der Waals surface area contributed by atoms with Crippen LogP contribution < -0.4 is 4.74 Å². The molecule has 1 atom stereocenters. The largest absolute Gasteiger partial charge is 0.489 e. The van der Waals surface area contributed by atoms with Gasteiger partial charge >= 0.3 is 0 Å². The number of hydrogen-bond donors (Lipinski definition) is 1. The van der Waals surface area contributed by atoms with Crippen LogP contribution in [0.3, 0.4) is 0 Å². The van der Waals surface area contributed by atoms with E-state index in [0.29, 0.717) is 5.75 Å². The number of rotatable bonds is 4. The monoisotopic (exact) mass is 273 g/mol. The zero-order valence-corrected chi connectivity index (χ0v) is 10.8. The molecule has 0 spiro atoms. The molecule has 1 rings (SSSR count). The minimum atomic E-state index is -0.817. The lowest BCUT2D eigenvalue weighted by molar-refractivity contribution is -0.0267. The van der Waals surface area contributed by atoms with E-state index in [1.165, 1.54) is 0 Å². The molecule has 0 saturated heterocycles. The quantitative estimate of drug-likeness (QED) is 0.917. The molecule has 15 heavy (non-hydrogen) atoms. The van der Waals surface area contributed by atoms with Gasteiger partial charge in [-0.05, 0) is 34.8 Å². The molecule has 0 radical (unpaired) electrons. The highest BCUT2D eigenvalue weighted by Crippen LogP contribution is 2.20. The molecular formula is C11H16BrNO2. The molecule has 0 saturated carbocycles. The molecule has 0 bridgehead atoms. The Labute approximate surface area is 98.6 Å². The Kier molecular flexibility index (Phi) is 4.11. The molecule has 0 aliphatic carbocycles. The van der Waals surface area contributed by atoms with Crippen LogP contribution in [-0.4, -0.2) is 22.3 Å². The van der Waals surface area contributed by atoms with Gasteiger partial charge in [0, 0.05) is 10.7 Å². The van der Waals surface area contributed by atoms with E-state index in [4.69, 9.17) is 4.74 Å². The Morgan fingerprint density at radius 3 is 2.73 bits per heavy atom. The van der Waals surface area contributed by atoms with E-state index >= 15 is 0 Å². The maximum absolute atomic E-state index is 9.97. The molecule has 0 aliphatic rings. The fourth-order valence-corrected chi connectivity index (χ4v) is 1.21. The lowest BCUT2D eigenvalue weighted by Crippen LogP contribution is -2.37. The third-order valence-corrected chi connectivity index (χ3v) is 2.89. The predicted molar refractivity (Wildman–Crippen MR) is 62.9 cm³/mol. The Balaban J connectivity index is 2.57. The van der Waals surface area contributed by atoms with Crippen molar-refractivity contribution in [3.05, 3.63) is 22.9 Å². The van der Waals surface area contributed by atoms with Gasteiger partial charge in [-0.25, -0.2) is 0 Å². The van der Waals surface area contributed by atoms with E-state index in [9.17, 15) is 5.11 Å². The number of ether oxygens (including phenoxy) is 1. The summed E-state index contributed by atoms with van der Waals surface area (Å²) in [5.41, 5.74) is -0.817. The Morgan fingerprint density at radius 2 is 2.20 bits per heavy atom. The number of nitrogens with zero attached hydrogens (tertiary/aromatic N) is 1. The second-order valence-electron chi connectivity index (χ2n) is 4.14. The van der Waals surface area contributed by atoms with Gasteiger partial charge in [0.05, 0.1) is 11.8 Å². The van der Waals surface area contributed by atoms with Crippen molar-refractivity contribution in [3.63, 3.8) is 0 Å². The lowest BCUT2D eigenvalue weighted by atomic mass is 9.94. The normalized spacial score (nSPS) is 15.1. The molecule has 1 aromatic rings. The van der Waals surface area contributed by atoms with E-state index in [1.54, 1.807) is 19.3 Å². The molecule has 0 amide bonds. The van der Waals surface area contributed by atoms with E-state index in [-0.39, 0.29) is 12.5 Å². The van der Waals surface area contributed by atoms with Crippen LogP contribution in [0.1, 0.15) is 20.8 Å². The van der Waals surface area contributed by atoms with Gasteiger partial charge in [-0.3, -0.25) is 4.98 Å². The minimum Gasteiger partial charge on any atom is -0.489 e. The first-order valence-electron chi connectivity index (χ1n) is 4.87. The standard InChI is InChI=1S/C11H16BrNO2/c1-8(2)11(3,14)7-15-10-4-9(12)5-13-6-10/h4-6,8,14H,7H2,1-3H3. The number of halogens is 1. The Morgan fingerprint density at radius 1 is 1.53 bits per heavy atom. The van der Waals surface area contributed by atoms with Gasteiger partial charge in [0.25, 0.3) is 0 Å². The number of hydrogen-bond acceptors (Lipinski definition) is 3. The van der Waals surface area contributed by atoms with Gasteiger partial charge in [0.15, 0.2) is 0 Å². The van der Waals surface area contributed by atoms with Crippen LogP contribution in [0.4, 0.5) is 0 Å². The molecule has 1 heterocycles. The maximum atomic E-state index is 9.97. The van der Waals surface area contributed by atoms with Crippen LogP contribution in [0.15, 0.2) is 22.9 Å². The summed E-state index contributed by atoms with van der Waals surface area (Å²) in [6.45, 7) is 5.96. The third-order valence-electron chi connectivity index (χ3n) is 2.45. The molecule has 84 valence electrons. The van der Waals surface area contributed by atoms with Crippen LogP contribution in [0.5, 0.6) is 5.75 Å². The molecule has 1 unspecified atom stereocenters. The van der Waals surface area contributed by atoms with Gasteiger partial charge in [-0.15, -0.1) is 0 Å². The maximum Gasteiger partial charge on any atom is 0.138 e. The first kappa shape index (κ1) is 12.5. The van der Waals surface area contributed by atoms with Crippen molar-refractivity contribution in [2.45, 2.75) is 26.4 Å². The summed E-state index contributed by atoms with van der Waals surface area (Å²) in [4.78, 5) is 3.98. The Hall–Kier alpha value is -0.610. The Bertz CT molecular complexity index is 326. The molecule has 4 heteroatoms. The summed E-state index contributed by atoms with van der Waals surface area (Å²) >= 11 is 3.31. The van der Waals surface area contributed by atoms with Gasteiger partial charge in [0.1, 0.15) is 12.4 Å².